The van der Waals surface area contributed by atoms with Gasteiger partial charge in [0.1, 0.15) is 12.4 Å². The van der Waals surface area contributed by atoms with Gasteiger partial charge in [-0.2, -0.15) is 0 Å². The number of para-hydroxylation sites is 1. The molecular formula is C18H19NO2. The van der Waals surface area contributed by atoms with Gasteiger partial charge in [-0.1, -0.05) is 48.0 Å². The van der Waals surface area contributed by atoms with Gasteiger partial charge in [0.15, 0.2) is 0 Å². The van der Waals surface area contributed by atoms with Crippen LogP contribution in [0.1, 0.15) is 11.1 Å². The van der Waals surface area contributed by atoms with Crippen molar-refractivity contribution < 1.29 is 9.53 Å². The molecule has 0 radical (unpaired) electrons. The normalized spacial score (nSPS) is 10.5. The zero-order valence-electron chi connectivity index (χ0n) is 12.1. The lowest BCUT2D eigenvalue weighted by atomic mass is 10.1. The molecule has 21 heavy (non-hydrogen) atoms. The Hall–Kier alpha value is -2.55. The second-order valence-electron chi connectivity index (χ2n) is 4.70. The third-order valence-electron chi connectivity index (χ3n) is 2.92. The fraction of sp³-hybridized carbons (Fsp3) is 0.167. The summed E-state index contributed by atoms with van der Waals surface area (Å²) in [6, 6.07) is 17.5. The van der Waals surface area contributed by atoms with Crippen molar-refractivity contribution in [3.05, 3.63) is 71.8 Å². The second-order valence-corrected chi connectivity index (χ2v) is 4.70. The molecule has 0 saturated heterocycles. The molecule has 108 valence electrons. The lowest BCUT2D eigenvalue weighted by Crippen LogP contribution is -2.26. The molecule has 3 heteroatoms. The maximum atomic E-state index is 11.6. The minimum Gasteiger partial charge on any atom is -0.492 e. The van der Waals surface area contributed by atoms with E-state index in [1.165, 1.54) is 11.6 Å². The molecule has 1 amide bonds. The van der Waals surface area contributed by atoms with Crippen molar-refractivity contribution in [3.63, 3.8) is 0 Å². The van der Waals surface area contributed by atoms with E-state index in [0.717, 1.165) is 11.3 Å². The van der Waals surface area contributed by atoms with Gasteiger partial charge in [0.25, 0.3) is 0 Å². The van der Waals surface area contributed by atoms with Crippen LogP contribution in [0.15, 0.2) is 60.7 Å². The number of benzene rings is 2. The first-order valence-electron chi connectivity index (χ1n) is 6.94. The van der Waals surface area contributed by atoms with Crippen molar-refractivity contribution >= 4 is 12.0 Å². The fourth-order valence-electron chi connectivity index (χ4n) is 1.77. The molecule has 0 fully saturated rings. The summed E-state index contributed by atoms with van der Waals surface area (Å²) in [6.07, 6.45) is 3.33. The monoisotopic (exact) mass is 281 g/mol. The summed E-state index contributed by atoms with van der Waals surface area (Å²) < 4.78 is 5.49. The third-order valence-corrected chi connectivity index (χ3v) is 2.92. The Balaban J connectivity index is 1.69. The van der Waals surface area contributed by atoms with Crippen LogP contribution in [-0.2, 0) is 4.79 Å². The highest BCUT2D eigenvalue weighted by atomic mass is 16.5. The van der Waals surface area contributed by atoms with Crippen molar-refractivity contribution in [2.75, 3.05) is 13.2 Å². The van der Waals surface area contributed by atoms with E-state index in [1.54, 1.807) is 6.08 Å². The van der Waals surface area contributed by atoms with Gasteiger partial charge >= 0.3 is 0 Å². The summed E-state index contributed by atoms with van der Waals surface area (Å²) in [6.45, 7) is 2.97. The predicted octanol–water partition coefficient (Wildman–Crippen LogP) is 3.20. The standard InChI is InChI=1S/C18H19NO2/c1-15-7-9-16(10-8-15)11-12-18(20)19-13-14-21-17-5-3-2-4-6-17/h2-12H,13-14H2,1H3,(H,19,20)/b12-11+. The van der Waals surface area contributed by atoms with Crippen LogP contribution in [0.4, 0.5) is 0 Å². The van der Waals surface area contributed by atoms with Gasteiger partial charge in [-0.25, -0.2) is 0 Å². The number of aryl methyl sites for hydroxylation is 1. The Morgan fingerprint density at radius 3 is 2.52 bits per heavy atom. The molecule has 0 aliphatic rings. The smallest absolute Gasteiger partial charge is 0.244 e. The van der Waals surface area contributed by atoms with Gasteiger partial charge in [-0.3, -0.25) is 4.79 Å². The molecule has 2 aromatic carbocycles. The average molecular weight is 281 g/mol. The average Bonchev–Trinajstić information content (AvgIpc) is 2.52. The van der Waals surface area contributed by atoms with Crippen LogP contribution in [0, 0.1) is 6.92 Å². The van der Waals surface area contributed by atoms with E-state index >= 15 is 0 Å². The molecule has 2 rings (SSSR count). The van der Waals surface area contributed by atoms with E-state index in [9.17, 15) is 4.79 Å². The van der Waals surface area contributed by atoms with Gasteiger partial charge in [0.05, 0.1) is 6.54 Å². The van der Waals surface area contributed by atoms with E-state index in [4.69, 9.17) is 4.74 Å². The number of ether oxygens (including phenoxy) is 1. The van der Waals surface area contributed by atoms with E-state index in [2.05, 4.69) is 5.32 Å². The first-order chi connectivity index (χ1) is 10.2. The number of amides is 1. The van der Waals surface area contributed by atoms with Gasteiger partial charge in [-0.05, 0) is 30.7 Å². The molecule has 0 unspecified atom stereocenters. The summed E-state index contributed by atoms with van der Waals surface area (Å²) in [5.74, 6) is 0.689. The molecule has 0 atom stereocenters. The Morgan fingerprint density at radius 1 is 1.10 bits per heavy atom. The van der Waals surface area contributed by atoms with Crippen LogP contribution in [0.25, 0.3) is 6.08 Å². The van der Waals surface area contributed by atoms with Crippen LogP contribution >= 0.6 is 0 Å². The third kappa shape index (κ3) is 5.53. The van der Waals surface area contributed by atoms with E-state index < -0.39 is 0 Å². The quantitative estimate of drug-likeness (QED) is 0.652. The van der Waals surface area contributed by atoms with Crippen molar-refractivity contribution in [2.45, 2.75) is 6.92 Å². The highest BCUT2D eigenvalue weighted by Crippen LogP contribution is 2.07. The lowest BCUT2D eigenvalue weighted by Gasteiger charge is -2.06. The largest absolute Gasteiger partial charge is 0.492 e. The van der Waals surface area contributed by atoms with Gasteiger partial charge in [0, 0.05) is 6.08 Å². The lowest BCUT2D eigenvalue weighted by molar-refractivity contribution is -0.116. The maximum absolute atomic E-state index is 11.6. The number of rotatable bonds is 6. The van der Waals surface area contributed by atoms with Crippen LogP contribution in [0.2, 0.25) is 0 Å². The summed E-state index contributed by atoms with van der Waals surface area (Å²) in [5, 5.41) is 2.78. The SMILES string of the molecule is Cc1ccc(/C=C/C(=O)NCCOc2ccccc2)cc1. The molecule has 0 spiro atoms. The second kappa shape index (κ2) is 7.90. The molecular weight excluding hydrogens is 262 g/mol. The van der Waals surface area contributed by atoms with Gasteiger partial charge in [0.2, 0.25) is 5.91 Å². The van der Waals surface area contributed by atoms with Crippen molar-refractivity contribution in [2.24, 2.45) is 0 Å². The van der Waals surface area contributed by atoms with Crippen molar-refractivity contribution in [1.82, 2.24) is 5.32 Å². The maximum Gasteiger partial charge on any atom is 0.244 e. The molecule has 0 heterocycles. The Labute approximate surface area is 125 Å². The van der Waals surface area contributed by atoms with Gasteiger partial charge in [-0.15, -0.1) is 0 Å². The molecule has 0 saturated carbocycles. The summed E-state index contributed by atoms with van der Waals surface area (Å²) >= 11 is 0. The predicted molar refractivity (Wildman–Crippen MR) is 85.2 cm³/mol. The summed E-state index contributed by atoms with van der Waals surface area (Å²) in [7, 11) is 0. The molecule has 3 nitrogen and oxygen atoms in total. The molecule has 0 aliphatic carbocycles. The zero-order valence-corrected chi connectivity index (χ0v) is 12.1. The topological polar surface area (TPSA) is 38.3 Å². The summed E-state index contributed by atoms with van der Waals surface area (Å²) in [4.78, 5) is 11.6. The van der Waals surface area contributed by atoms with Crippen molar-refractivity contribution in [1.29, 1.82) is 0 Å². The van der Waals surface area contributed by atoms with E-state index in [0.29, 0.717) is 13.2 Å². The molecule has 0 aromatic heterocycles. The number of hydrogen-bond acceptors (Lipinski definition) is 2. The van der Waals surface area contributed by atoms with Crippen LogP contribution in [0.3, 0.4) is 0 Å². The molecule has 0 bridgehead atoms. The van der Waals surface area contributed by atoms with Crippen LogP contribution < -0.4 is 10.1 Å². The van der Waals surface area contributed by atoms with Crippen molar-refractivity contribution in [3.8, 4) is 5.75 Å². The van der Waals surface area contributed by atoms with E-state index in [-0.39, 0.29) is 5.91 Å². The highest BCUT2D eigenvalue weighted by molar-refractivity contribution is 5.91. The van der Waals surface area contributed by atoms with Crippen LogP contribution in [-0.4, -0.2) is 19.1 Å². The zero-order chi connectivity index (χ0) is 14.9. The minimum atomic E-state index is -0.118. The fourth-order valence-corrected chi connectivity index (χ4v) is 1.77. The summed E-state index contributed by atoms with van der Waals surface area (Å²) in [5.41, 5.74) is 2.21. The Bertz CT molecular complexity index is 588. The van der Waals surface area contributed by atoms with E-state index in [1.807, 2.05) is 61.5 Å². The Kier molecular flexibility index (Phi) is 5.59. The first kappa shape index (κ1) is 14.9. The minimum absolute atomic E-state index is 0.118. The van der Waals surface area contributed by atoms with Crippen LogP contribution in [0.5, 0.6) is 5.75 Å². The highest BCUT2D eigenvalue weighted by Gasteiger charge is 1.96. The number of carbonyl (C=O) groups is 1. The molecule has 2 aromatic rings. The molecule has 0 aliphatic heterocycles. The van der Waals surface area contributed by atoms with Gasteiger partial charge < -0.3 is 10.1 Å². The molecule has 1 N–H and O–H groups in total. The first-order valence-corrected chi connectivity index (χ1v) is 6.94. The number of nitrogens with one attached hydrogen (secondary N) is 1. The number of hydrogen-bond donors (Lipinski definition) is 1. The number of carbonyl (C=O) groups excluding carboxylic acids is 1. The Morgan fingerprint density at radius 2 is 1.81 bits per heavy atom.